The van der Waals surface area contributed by atoms with Crippen molar-refractivity contribution in [2.75, 3.05) is 26.3 Å². The molecule has 0 bridgehead atoms. The van der Waals surface area contributed by atoms with Gasteiger partial charge in [0, 0.05) is 31.2 Å². The molecule has 3 aromatic rings. The summed E-state index contributed by atoms with van der Waals surface area (Å²) in [6, 6.07) is 8.81. The van der Waals surface area contributed by atoms with E-state index in [0.717, 1.165) is 53.9 Å². The second kappa shape index (κ2) is 6.59. The third-order valence-corrected chi connectivity index (χ3v) is 5.40. The van der Waals surface area contributed by atoms with E-state index in [4.69, 9.17) is 9.72 Å². The van der Waals surface area contributed by atoms with E-state index in [0.29, 0.717) is 0 Å². The molecule has 2 aromatic heterocycles. The molecular weight excluding hydrogens is 318 g/mol. The van der Waals surface area contributed by atoms with E-state index >= 15 is 0 Å². The van der Waals surface area contributed by atoms with Gasteiger partial charge in [-0.1, -0.05) is 6.07 Å². The third-order valence-electron chi connectivity index (χ3n) is 4.46. The molecule has 1 aliphatic rings. The van der Waals surface area contributed by atoms with Crippen molar-refractivity contribution in [2.45, 2.75) is 20.4 Å². The minimum atomic E-state index is 0.839. The number of rotatable bonds is 3. The maximum atomic E-state index is 5.43. The average molecular weight is 339 g/mol. The molecule has 0 atom stereocenters. The molecule has 0 radical (unpaired) electrons. The normalized spacial score (nSPS) is 15.9. The topological polar surface area (TPSA) is 38.2 Å². The number of benzene rings is 1. The predicted molar refractivity (Wildman–Crippen MR) is 98.4 cm³/mol. The molecule has 124 valence electrons. The van der Waals surface area contributed by atoms with E-state index in [9.17, 15) is 0 Å². The van der Waals surface area contributed by atoms with Crippen molar-refractivity contribution in [3.05, 3.63) is 46.6 Å². The second-order valence-corrected chi connectivity index (χ2v) is 7.54. The zero-order valence-corrected chi connectivity index (χ0v) is 14.9. The van der Waals surface area contributed by atoms with Crippen molar-refractivity contribution in [2.24, 2.45) is 0 Å². The molecule has 3 heterocycles. The Hall–Kier alpha value is -1.82. The zero-order valence-electron chi connectivity index (χ0n) is 14.1. The van der Waals surface area contributed by atoms with Gasteiger partial charge in [-0.05, 0) is 43.2 Å². The molecule has 1 aliphatic heterocycles. The average Bonchev–Trinajstić information content (AvgIpc) is 3.03. The van der Waals surface area contributed by atoms with Crippen LogP contribution in [0.4, 0.5) is 0 Å². The number of thiazole rings is 1. The Morgan fingerprint density at radius 1 is 1.17 bits per heavy atom. The fraction of sp³-hybridized carbons (Fsp3) is 0.368. The van der Waals surface area contributed by atoms with Crippen LogP contribution in [-0.2, 0) is 11.3 Å². The lowest BCUT2D eigenvalue weighted by atomic mass is 10.0. The molecule has 0 spiro atoms. The van der Waals surface area contributed by atoms with E-state index in [1.165, 1.54) is 16.5 Å². The molecule has 1 fully saturated rings. The monoisotopic (exact) mass is 339 g/mol. The molecule has 5 heteroatoms. The fourth-order valence-corrected chi connectivity index (χ4v) is 3.90. The van der Waals surface area contributed by atoms with Crippen molar-refractivity contribution in [3.63, 3.8) is 0 Å². The van der Waals surface area contributed by atoms with Gasteiger partial charge in [0.1, 0.15) is 0 Å². The summed E-state index contributed by atoms with van der Waals surface area (Å²) in [5.41, 5.74) is 4.69. The van der Waals surface area contributed by atoms with Gasteiger partial charge in [-0.25, -0.2) is 9.97 Å². The number of ether oxygens (including phenoxy) is 1. The number of fused-ring (bicyclic) bond motifs is 1. The van der Waals surface area contributed by atoms with Crippen LogP contribution >= 0.6 is 11.3 Å². The first-order chi connectivity index (χ1) is 11.7. The van der Waals surface area contributed by atoms with Crippen molar-refractivity contribution >= 4 is 22.2 Å². The fourth-order valence-electron chi connectivity index (χ4n) is 3.16. The highest BCUT2D eigenvalue weighted by Gasteiger charge is 2.12. The molecule has 24 heavy (non-hydrogen) atoms. The van der Waals surface area contributed by atoms with Gasteiger partial charge in [-0.3, -0.25) is 4.90 Å². The summed E-state index contributed by atoms with van der Waals surface area (Å²) in [5, 5.41) is 2.32. The zero-order chi connectivity index (χ0) is 16.5. The second-order valence-electron chi connectivity index (χ2n) is 6.31. The lowest BCUT2D eigenvalue weighted by Crippen LogP contribution is -2.35. The SMILES string of the molecule is Cc1ncc(-c2cc(C)c3cc(CN4CCOCC4)ccc3n2)s1. The van der Waals surface area contributed by atoms with Gasteiger partial charge in [0.15, 0.2) is 0 Å². The van der Waals surface area contributed by atoms with Gasteiger partial charge >= 0.3 is 0 Å². The first-order valence-corrected chi connectivity index (χ1v) is 9.14. The Balaban J connectivity index is 1.66. The summed E-state index contributed by atoms with van der Waals surface area (Å²) in [6.45, 7) is 8.88. The summed E-state index contributed by atoms with van der Waals surface area (Å²) in [6.07, 6.45) is 1.92. The predicted octanol–water partition coefficient (Wildman–Crippen LogP) is 3.81. The van der Waals surface area contributed by atoms with E-state index in [2.05, 4.69) is 41.1 Å². The standard InChI is InChI=1S/C19H21N3OS/c1-13-9-18(19-11-20-14(2)24-19)21-17-4-3-15(10-16(13)17)12-22-5-7-23-8-6-22/h3-4,9-11H,5-8,12H2,1-2H3. The Kier molecular flexibility index (Phi) is 4.31. The molecule has 0 unspecified atom stereocenters. The van der Waals surface area contributed by atoms with Crippen molar-refractivity contribution < 1.29 is 4.74 Å². The Labute approximate surface area is 146 Å². The molecular formula is C19H21N3OS. The minimum Gasteiger partial charge on any atom is -0.379 e. The largest absolute Gasteiger partial charge is 0.379 e. The van der Waals surface area contributed by atoms with Gasteiger partial charge in [-0.15, -0.1) is 11.3 Å². The highest BCUT2D eigenvalue weighted by atomic mass is 32.1. The lowest BCUT2D eigenvalue weighted by Gasteiger charge is -2.26. The van der Waals surface area contributed by atoms with Gasteiger partial charge in [0.2, 0.25) is 0 Å². The molecule has 1 aromatic carbocycles. The van der Waals surface area contributed by atoms with Crippen LogP contribution in [0.5, 0.6) is 0 Å². The van der Waals surface area contributed by atoms with Gasteiger partial charge < -0.3 is 4.74 Å². The van der Waals surface area contributed by atoms with Crippen molar-refractivity contribution in [1.82, 2.24) is 14.9 Å². The Morgan fingerprint density at radius 2 is 2.00 bits per heavy atom. The van der Waals surface area contributed by atoms with Gasteiger partial charge in [0.25, 0.3) is 0 Å². The first-order valence-electron chi connectivity index (χ1n) is 8.32. The van der Waals surface area contributed by atoms with Crippen LogP contribution in [0.1, 0.15) is 16.1 Å². The number of morpholine rings is 1. The van der Waals surface area contributed by atoms with Crippen LogP contribution in [0.15, 0.2) is 30.5 Å². The summed E-state index contributed by atoms with van der Waals surface area (Å²) in [5.74, 6) is 0. The number of nitrogens with zero attached hydrogens (tertiary/aromatic N) is 3. The lowest BCUT2D eigenvalue weighted by molar-refractivity contribution is 0.0342. The van der Waals surface area contributed by atoms with Gasteiger partial charge in [-0.2, -0.15) is 0 Å². The van der Waals surface area contributed by atoms with Crippen LogP contribution in [0.25, 0.3) is 21.5 Å². The summed E-state index contributed by atoms with van der Waals surface area (Å²) < 4.78 is 5.43. The van der Waals surface area contributed by atoms with E-state index < -0.39 is 0 Å². The van der Waals surface area contributed by atoms with Gasteiger partial charge in [0.05, 0.1) is 34.3 Å². The van der Waals surface area contributed by atoms with E-state index in [1.54, 1.807) is 11.3 Å². The number of aryl methyl sites for hydroxylation is 2. The van der Waals surface area contributed by atoms with Crippen LogP contribution < -0.4 is 0 Å². The molecule has 1 saturated heterocycles. The molecule has 0 amide bonds. The van der Waals surface area contributed by atoms with Crippen LogP contribution in [0.3, 0.4) is 0 Å². The highest BCUT2D eigenvalue weighted by Crippen LogP contribution is 2.28. The Morgan fingerprint density at radius 3 is 2.75 bits per heavy atom. The molecule has 0 aliphatic carbocycles. The summed E-state index contributed by atoms with van der Waals surface area (Å²) >= 11 is 1.69. The number of hydrogen-bond acceptors (Lipinski definition) is 5. The van der Waals surface area contributed by atoms with Crippen molar-refractivity contribution in [1.29, 1.82) is 0 Å². The van der Waals surface area contributed by atoms with Crippen LogP contribution in [0.2, 0.25) is 0 Å². The maximum Gasteiger partial charge on any atom is 0.0901 e. The quantitative estimate of drug-likeness (QED) is 0.727. The van der Waals surface area contributed by atoms with E-state index in [-0.39, 0.29) is 0 Å². The number of pyridine rings is 1. The maximum absolute atomic E-state index is 5.43. The van der Waals surface area contributed by atoms with E-state index in [1.807, 2.05) is 13.1 Å². The highest BCUT2D eigenvalue weighted by molar-refractivity contribution is 7.15. The Bertz CT molecular complexity index is 868. The third kappa shape index (κ3) is 3.20. The van der Waals surface area contributed by atoms with Crippen molar-refractivity contribution in [3.8, 4) is 10.6 Å². The molecule has 0 N–H and O–H groups in total. The summed E-state index contributed by atoms with van der Waals surface area (Å²) in [7, 11) is 0. The van der Waals surface area contributed by atoms with Crippen LogP contribution in [-0.4, -0.2) is 41.2 Å². The first kappa shape index (κ1) is 15.7. The smallest absolute Gasteiger partial charge is 0.0901 e. The minimum absolute atomic E-state index is 0.839. The number of aromatic nitrogens is 2. The number of hydrogen-bond donors (Lipinski definition) is 0. The molecule has 4 rings (SSSR count). The molecule has 4 nitrogen and oxygen atoms in total. The van der Waals surface area contributed by atoms with Crippen LogP contribution in [0, 0.1) is 13.8 Å². The summed E-state index contributed by atoms with van der Waals surface area (Å²) in [4.78, 5) is 12.8. The molecule has 0 saturated carbocycles.